The molecule has 0 bridgehead atoms. The largest absolute Gasteiger partial charge is 0.344 e. The summed E-state index contributed by atoms with van der Waals surface area (Å²) in [7, 11) is 6.03. The third-order valence-electron chi connectivity index (χ3n) is 3.45. The molecule has 0 aliphatic carbocycles. The molecule has 0 atom stereocenters. The zero-order valence-electron chi connectivity index (χ0n) is 11.2. The average molecular weight is 267 g/mol. The summed E-state index contributed by atoms with van der Waals surface area (Å²) in [5.74, 6) is 0. The summed E-state index contributed by atoms with van der Waals surface area (Å²) in [5, 5.41) is 18.8. The third-order valence-corrected chi connectivity index (χ3v) is 3.45. The van der Waals surface area contributed by atoms with Crippen LogP contribution in [0.25, 0.3) is 10.9 Å². The highest BCUT2D eigenvalue weighted by Gasteiger charge is 2.07. The van der Waals surface area contributed by atoms with Crippen molar-refractivity contribution in [3.05, 3.63) is 65.4 Å². The molecule has 0 saturated carbocycles. The first-order valence-electron chi connectivity index (χ1n) is 6.49. The maximum absolute atomic E-state index is 8.96. The van der Waals surface area contributed by atoms with Crippen molar-refractivity contribution < 1.29 is 0 Å². The Labute approximate surface area is 124 Å². The van der Waals surface area contributed by atoms with Crippen LogP contribution in [-0.2, 0) is 6.54 Å². The molecule has 2 radical (unpaired) electrons. The molecule has 3 rings (SSSR count). The van der Waals surface area contributed by atoms with Gasteiger partial charge < -0.3 is 4.57 Å². The molecule has 0 N–H and O–H groups in total. The van der Waals surface area contributed by atoms with Crippen molar-refractivity contribution in [1.29, 1.82) is 10.5 Å². The highest BCUT2D eigenvalue weighted by atomic mass is 15.0. The normalized spacial score (nSPS) is 10.2. The molecule has 0 aliphatic heterocycles. The van der Waals surface area contributed by atoms with Crippen LogP contribution >= 0.6 is 0 Å². The number of hydrogen-bond donors (Lipinski definition) is 0. The molecule has 1 aromatic heterocycles. The monoisotopic (exact) mass is 267 g/mol. The van der Waals surface area contributed by atoms with E-state index in [-0.39, 0.29) is 0 Å². The van der Waals surface area contributed by atoms with Crippen LogP contribution in [0.1, 0.15) is 16.7 Å². The quantitative estimate of drug-likeness (QED) is 0.668. The van der Waals surface area contributed by atoms with Crippen LogP contribution in [0, 0.1) is 22.7 Å². The first-order chi connectivity index (χ1) is 10.2. The third kappa shape index (κ3) is 2.40. The van der Waals surface area contributed by atoms with Crippen LogP contribution in [0.5, 0.6) is 0 Å². The predicted molar refractivity (Wildman–Crippen MR) is 82.3 cm³/mol. The second-order valence-electron chi connectivity index (χ2n) is 4.87. The number of benzene rings is 2. The van der Waals surface area contributed by atoms with Crippen molar-refractivity contribution in [3.63, 3.8) is 0 Å². The second-order valence-corrected chi connectivity index (χ2v) is 4.87. The van der Waals surface area contributed by atoms with Crippen molar-refractivity contribution >= 4 is 24.2 Å². The zero-order valence-corrected chi connectivity index (χ0v) is 11.2. The zero-order chi connectivity index (χ0) is 14.8. The second kappa shape index (κ2) is 5.19. The van der Waals surface area contributed by atoms with Gasteiger partial charge in [0.15, 0.2) is 0 Å². The number of nitrogens with zero attached hydrogens (tertiary/aromatic N) is 3. The molecule has 0 spiro atoms. The molecule has 3 nitrogen and oxygen atoms in total. The lowest BCUT2D eigenvalue weighted by Gasteiger charge is -2.06. The summed E-state index contributed by atoms with van der Waals surface area (Å²) in [6.45, 7) is 0.634. The summed E-state index contributed by atoms with van der Waals surface area (Å²) in [4.78, 5) is 0. The van der Waals surface area contributed by atoms with Gasteiger partial charge in [0.25, 0.3) is 0 Å². The molecule has 0 saturated heterocycles. The van der Waals surface area contributed by atoms with Gasteiger partial charge in [-0.2, -0.15) is 10.5 Å². The van der Waals surface area contributed by atoms with E-state index in [0.29, 0.717) is 23.1 Å². The van der Waals surface area contributed by atoms with Crippen molar-refractivity contribution in [1.82, 2.24) is 4.57 Å². The van der Waals surface area contributed by atoms with Crippen LogP contribution in [0.3, 0.4) is 0 Å². The predicted octanol–water partition coefficient (Wildman–Crippen LogP) is 2.23. The standard InChI is InChI=1S/C17H10BN3/c18-16-11-21(10-14-3-1-2-12(6-14)8-19)17-5-4-13(9-20)7-15(16)17/h1-7,11H,10H2. The van der Waals surface area contributed by atoms with E-state index in [1.807, 2.05) is 35.0 Å². The summed E-state index contributed by atoms with van der Waals surface area (Å²) >= 11 is 0. The van der Waals surface area contributed by atoms with Crippen LogP contribution in [0.15, 0.2) is 48.7 Å². The summed E-state index contributed by atoms with van der Waals surface area (Å²) in [6, 6.07) is 17.2. The Bertz CT molecular complexity index is 910. The molecule has 4 heteroatoms. The van der Waals surface area contributed by atoms with Crippen molar-refractivity contribution in [2.45, 2.75) is 6.54 Å². The Morgan fingerprint density at radius 2 is 1.76 bits per heavy atom. The summed E-state index contributed by atoms with van der Waals surface area (Å²) in [5.41, 5.74) is 3.91. The minimum absolute atomic E-state index is 0.596. The molecular weight excluding hydrogens is 257 g/mol. The van der Waals surface area contributed by atoms with Gasteiger partial charge in [0.1, 0.15) is 7.85 Å². The van der Waals surface area contributed by atoms with E-state index >= 15 is 0 Å². The van der Waals surface area contributed by atoms with Crippen molar-refractivity contribution in [3.8, 4) is 12.1 Å². The van der Waals surface area contributed by atoms with Gasteiger partial charge in [-0.3, -0.25) is 0 Å². The fraction of sp³-hybridized carbons (Fsp3) is 0.0588. The lowest BCUT2D eigenvalue weighted by atomic mass is 9.95. The highest BCUT2D eigenvalue weighted by Crippen LogP contribution is 2.17. The molecule has 21 heavy (non-hydrogen) atoms. The van der Waals surface area contributed by atoms with E-state index in [0.717, 1.165) is 16.5 Å². The molecule has 3 aromatic rings. The number of nitriles is 2. The Balaban J connectivity index is 2.05. The average Bonchev–Trinajstić information content (AvgIpc) is 2.83. The fourth-order valence-corrected chi connectivity index (χ4v) is 2.46. The van der Waals surface area contributed by atoms with Gasteiger partial charge >= 0.3 is 0 Å². The maximum Gasteiger partial charge on any atom is 0.116 e. The number of rotatable bonds is 2. The molecular formula is C17H10BN3. The van der Waals surface area contributed by atoms with E-state index in [1.54, 1.807) is 18.2 Å². The molecule has 2 aromatic carbocycles. The van der Waals surface area contributed by atoms with Crippen molar-refractivity contribution in [2.24, 2.45) is 0 Å². The lowest BCUT2D eigenvalue weighted by molar-refractivity contribution is 0.838. The van der Waals surface area contributed by atoms with Gasteiger partial charge in [0, 0.05) is 12.1 Å². The Morgan fingerprint density at radius 1 is 1.00 bits per heavy atom. The van der Waals surface area contributed by atoms with E-state index in [2.05, 4.69) is 12.1 Å². The molecule has 1 heterocycles. The van der Waals surface area contributed by atoms with Crippen LogP contribution in [-0.4, -0.2) is 12.4 Å². The molecule has 0 unspecified atom stereocenters. The van der Waals surface area contributed by atoms with Gasteiger partial charge in [0.05, 0.1) is 23.3 Å². The smallest absolute Gasteiger partial charge is 0.116 e. The summed E-state index contributed by atoms with van der Waals surface area (Å²) in [6.07, 6.45) is 1.87. The highest BCUT2D eigenvalue weighted by molar-refractivity contribution is 6.38. The van der Waals surface area contributed by atoms with E-state index in [9.17, 15) is 0 Å². The topological polar surface area (TPSA) is 52.5 Å². The molecule has 0 amide bonds. The number of hydrogen-bond acceptors (Lipinski definition) is 2. The molecule has 0 aliphatic rings. The van der Waals surface area contributed by atoms with Gasteiger partial charge in [0.2, 0.25) is 0 Å². The Morgan fingerprint density at radius 3 is 2.52 bits per heavy atom. The van der Waals surface area contributed by atoms with E-state index < -0.39 is 0 Å². The maximum atomic E-state index is 8.96. The molecule has 96 valence electrons. The Hall–Kier alpha value is -2.98. The Kier molecular flexibility index (Phi) is 3.22. The SMILES string of the molecule is [B]c1cn(Cc2cccc(C#N)c2)c2ccc(C#N)cc12. The number of fused-ring (bicyclic) bond motifs is 1. The summed E-state index contributed by atoms with van der Waals surface area (Å²) < 4.78 is 2.03. The molecule has 0 fully saturated rings. The minimum Gasteiger partial charge on any atom is -0.344 e. The first kappa shape index (κ1) is 13.0. The lowest BCUT2D eigenvalue weighted by Crippen LogP contribution is -2.01. The van der Waals surface area contributed by atoms with Crippen LogP contribution < -0.4 is 5.46 Å². The first-order valence-corrected chi connectivity index (χ1v) is 6.49. The van der Waals surface area contributed by atoms with Crippen molar-refractivity contribution in [2.75, 3.05) is 0 Å². The minimum atomic E-state index is 0.596. The van der Waals surface area contributed by atoms with E-state index in [1.165, 1.54) is 0 Å². The van der Waals surface area contributed by atoms with E-state index in [4.69, 9.17) is 18.4 Å². The fourth-order valence-electron chi connectivity index (χ4n) is 2.46. The van der Waals surface area contributed by atoms with Crippen LogP contribution in [0.4, 0.5) is 0 Å². The number of aromatic nitrogens is 1. The van der Waals surface area contributed by atoms with Gasteiger partial charge in [-0.15, -0.1) is 0 Å². The van der Waals surface area contributed by atoms with Gasteiger partial charge in [-0.25, -0.2) is 0 Å². The van der Waals surface area contributed by atoms with Crippen LogP contribution in [0.2, 0.25) is 0 Å². The van der Waals surface area contributed by atoms with Gasteiger partial charge in [-0.1, -0.05) is 17.6 Å². The van der Waals surface area contributed by atoms with Gasteiger partial charge in [-0.05, 0) is 47.5 Å².